The summed E-state index contributed by atoms with van der Waals surface area (Å²) >= 11 is 0. The van der Waals surface area contributed by atoms with Gasteiger partial charge in [-0.1, -0.05) is 46.5 Å². The number of carbonyl (C=O) groups excluding carboxylic acids is 1. The van der Waals surface area contributed by atoms with Crippen LogP contribution in [0.5, 0.6) is 0 Å². The van der Waals surface area contributed by atoms with Crippen LogP contribution in [-0.2, 0) is 19.1 Å². The van der Waals surface area contributed by atoms with E-state index in [1.807, 2.05) is 55.4 Å². The third-order valence-corrected chi connectivity index (χ3v) is 7.50. The van der Waals surface area contributed by atoms with Crippen LogP contribution < -0.4 is 0 Å². The fourth-order valence-corrected chi connectivity index (χ4v) is 6.24. The second-order valence-corrected chi connectivity index (χ2v) is 12.3. The van der Waals surface area contributed by atoms with Gasteiger partial charge in [0, 0.05) is 17.3 Å². The summed E-state index contributed by atoms with van der Waals surface area (Å²) in [6.07, 6.45) is 1.32. The van der Waals surface area contributed by atoms with Crippen LogP contribution in [0.1, 0.15) is 74.7 Å². The van der Waals surface area contributed by atoms with Gasteiger partial charge in [0.2, 0.25) is 0 Å². The molecule has 3 unspecified atom stereocenters. The van der Waals surface area contributed by atoms with Crippen LogP contribution in [-0.4, -0.2) is 26.1 Å². The van der Waals surface area contributed by atoms with Gasteiger partial charge in [0.05, 0.1) is 11.2 Å². The summed E-state index contributed by atoms with van der Waals surface area (Å²) in [5.41, 5.74) is -1.79. The van der Waals surface area contributed by atoms with Crippen LogP contribution in [0.4, 0.5) is 0 Å². The van der Waals surface area contributed by atoms with Crippen molar-refractivity contribution in [2.75, 3.05) is 5.75 Å². The maximum absolute atomic E-state index is 12.9. The molecule has 0 amide bonds. The van der Waals surface area contributed by atoms with Gasteiger partial charge in [-0.25, -0.2) is 0 Å². The maximum atomic E-state index is 12.9. The monoisotopic (exact) mass is 382 g/mol. The number of fused-ring (bicyclic) bond motifs is 2. The van der Waals surface area contributed by atoms with Gasteiger partial charge in [-0.3, -0.25) is 8.98 Å². The third-order valence-electron chi connectivity index (χ3n) is 6.17. The van der Waals surface area contributed by atoms with Crippen molar-refractivity contribution < 1.29 is 17.4 Å². The molecule has 0 heterocycles. The van der Waals surface area contributed by atoms with E-state index in [1.165, 1.54) is 0 Å². The molecule has 0 aliphatic heterocycles. The molecule has 148 valence electrons. The minimum absolute atomic E-state index is 0.0824. The lowest BCUT2D eigenvalue weighted by Crippen LogP contribution is -2.44. The van der Waals surface area contributed by atoms with Crippen molar-refractivity contribution in [3.63, 3.8) is 0 Å². The number of carbonyl (C=O) groups is 1. The zero-order valence-corrected chi connectivity index (χ0v) is 18.3. The van der Waals surface area contributed by atoms with Crippen molar-refractivity contribution in [1.82, 2.24) is 0 Å². The minimum Gasteiger partial charge on any atom is -0.299 e. The zero-order chi connectivity index (χ0) is 20.2. The van der Waals surface area contributed by atoms with E-state index >= 15 is 0 Å². The number of hydrogen-bond donors (Lipinski definition) is 0. The van der Waals surface area contributed by atoms with Crippen LogP contribution in [0, 0.1) is 39.4 Å². The van der Waals surface area contributed by atoms with Gasteiger partial charge in [0.15, 0.2) is 0 Å². The van der Waals surface area contributed by atoms with Crippen LogP contribution in [0.2, 0.25) is 0 Å². The number of hydrogen-bond acceptors (Lipinski definition) is 4. The van der Waals surface area contributed by atoms with Crippen LogP contribution in [0.15, 0.2) is 0 Å². The van der Waals surface area contributed by atoms with E-state index in [9.17, 15) is 13.2 Å². The number of Topliss-reactive ketones (excluding diaryl/α,β-unsaturated/α-hetero) is 1. The van der Waals surface area contributed by atoms with Gasteiger partial charge in [-0.2, -0.15) is 8.42 Å². The van der Waals surface area contributed by atoms with Gasteiger partial charge in [0.1, 0.15) is 11.9 Å². The highest BCUT2D eigenvalue weighted by molar-refractivity contribution is 7.86. The average Bonchev–Trinajstić information content (AvgIpc) is 2.74. The molecule has 2 saturated carbocycles. The van der Waals surface area contributed by atoms with E-state index in [2.05, 4.69) is 11.8 Å². The van der Waals surface area contributed by atoms with E-state index < -0.39 is 27.1 Å². The van der Waals surface area contributed by atoms with Crippen LogP contribution >= 0.6 is 0 Å². The Bertz CT molecular complexity index is 738. The topological polar surface area (TPSA) is 60.4 Å². The summed E-state index contributed by atoms with van der Waals surface area (Å²) in [4.78, 5) is 12.6. The van der Waals surface area contributed by atoms with Gasteiger partial charge in [-0.05, 0) is 44.9 Å². The Morgan fingerprint density at radius 1 is 1.19 bits per heavy atom. The van der Waals surface area contributed by atoms with E-state index in [0.29, 0.717) is 12.8 Å². The van der Waals surface area contributed by atoms with Crippen molar-refractivity contribution in [3.8, 4) is 11.8 Å². The summed E-state index contributed by atoms with van der Waals surface area (Å²) in [6.45, 7) is 15.7. The second kappa shape index (κ2) is 6.34. The molecule has 5 heteroatoms. The van der Waals surface area contributed by atoms with Gasteiger partial charge in [-0.15, -0.1) is 0 Å². The fourth-order valence-electron chi connectivity index (χ4n) is 4.26. The Labute approximate surface area is 159 Å². The Balaban J connectivity index is 2.29. The molecule has 26 heavy (non-hydrogen) atoms. The lowest BCUT2D eigenvalue weighted by atomic mass is 9.70. The molecule has 0 spiro atoms. The summed E-state index contributed by atoms with van der Waals surface area (Å²) in [5.74, 6) is 6.25. The summed E-state index contributed by atoms with van der Waals surface area (Å²) in [6, 6.07) is 0. The molecule has 0 radical (unpaired) electrons. The van der Waals surface area contributed by atoms with Crippen LogP contribution in [0.25, 0.3) is 0 Å². The number of ketones is 1. The Hall–Kier alpha value is -0.860. The summed E-state index contributed by atoms with van der Waals surface area (Å²) < 4.78 is 31.5. The average molecular weight is 383 g/mol. The van der Waals surface area contributed by atoms with Crippen molar-refractivity contribution in [2.45, 2.75) is 80.8 Å². The van der Waals surface area contributed by atoms with Gasteiger partial charge < -0.3 is 0 Å². The van der Waals surface area contributed by atoms with E-state index in [4.69, 9.17) is 4.18 Å². The molecular formula is C21H34O4S. The normalized spacial score (nSPS) is 29.4. The van der Waals surface area contributed by atoms with Crippen molar-refractivity contribution in [3.05, 3.63) is 0 Å². The molecule has 4 nitrogen and oxygen atoms in total. The zero-order valence-electron chi connectivity index (χ0n) is 17.5. The molecule has 0 N–H and O–H groups in total. The highest BCUT2D eigenvalue weighted by atomic mass is 32.2. The first-order valence-electron chi connectivity index (χ1n) is 9.47. The maximum Gasteiger partial charge on any atom is 0.269 e. The van der Waals surface area contributed by atoms with Gasteiger partial charge >= 0.3 is 0 Å². The molecule has 0 aromatic heterocycles. The van der Waals surface area contributed by atoms with Crippen molar-refractivity contribution >= 4 is 15.9 Å². The Morgan fingerprint density at radius 2 is 1.77 bits per heavy atom. The largest absolute Gasteiger partial charge is 0.299 e. The standard InChI is InChI=1S/C21H34O4S/c1-18(2,3)11-10-17(19(4,5)6)25-26(23,24)14-21-12-9-15(13-16(21)22)20(21,7)8/h15,17H,9,12-14H2,1-8H3. The molecule has 0 saturated heterocycles. The predicted octanol–water partition coefficient (Wildman–Crippen LogP) is 4.19. The van der Waals surface area contributed by atoms with E-state index in [-0.39, 0.29) is 28.3 Å². The molecule has 2 fully saturated rings. The van der Waals surface area contributed by atoms with Crippen molar-refractivity contribution in [2.24, 2.45) is 27.6 Å². The second-order valence-electron chi connectivity index (χ2n) is 10.7. The van der Waals surface area contributed by atoms with E-state index in [0.717, 1.165) is 6.42 Å². The van der Waals surface area contributed by atoms with Gasteiger partial charge in [0.25, 0.3) is 10.1 Å². The molecule has 2 aliphatic carbocycles. The Morgan fingerprint density at radius 3 is 2.15 bits per heavy atom. The molecule has 0 aromatic rings. The fraction of sp³-hybridized carbons (Fsp3) is 0.857. The first-order valence-corrected chi connectivity index (χ1v) is 11.0. The van der Waals surface area contributed by atoms with E-state index in [1.54, 1.807) is 0 Å². The first-order chi connectivity index (χ1) is 11.5. The first kappa shape index (κ1) is 21.4. The van der Waals surface area contributed by atoms with Crippen molar-refractivity contribution in [1.29, 1.82) is 0 Å². The third kappa shape index (κ3) is 4.02. The SMILES string of the molecule is CC(C)(C)C#CC(OS(=O)(=O)CC12CCC(CC1=O)C2(C)C)C(C)(C)C. The lowest BCUT2D eigenvalue weighted by Gasteiger charge is -2.36. The summed E-state index contributed by atoms with van der Waals surface area (Å²) in [5, 5.41) is 0. The Kier molecular flexibility index (Phi) is 5.23. The molecular weight excluding hydrogens is 348 g/mol. The predicted molar refractivity (Wildman–Crippen MR) is 104 cm³/mol. The lowest BCUT2D eigenvalue weighted by molar-refractivity contribution is -0.128. The molecule has 2 aliphatic rings. The molecule has 2 rings (SSSR count). The summed E-state index contributed by atoms with van der Waals surface area (Å²) in [7, 11) is -3.89. The molecule has 0 aromatic carbocycles. The highest BCUT2D eigenvalue weighted by Crippen LogP contribution is 2.64. The smallest absolute Gasteiger partial charge is 0.269 e. The molecule has 3 atom stereocenters. The quantitative estimate of drug-likeness (QED) is 0.540. The number of rotatable bonds is 4. The minimum atomic E-state index is -3.89. The van der Waals surface area contributed by atoms with Crippen LogP contribution in [0.3, 0.4) is 0 Å². The highest BCUT2D eigenvalue weighted by Gasteiger charge is 2.65. The molecule has 2 bridgehead atoms.